The van der Waals surface area contributed by atoms with E-state index in [0.717, 1.165) is 46.5 Å². The summed E-state index contributed by atoms with van der Waals surface area (Å²) >= 11 is 1.63. The molecule has 0 saturated heterocycles. The van der Waals surface area contributed by atoms with Crippen molar-refractivity contribution in [1.82, 2.24) is 24.7 Å². The Balaban J connectivity index is 1.96. The van der Waals surface area contributed by atoms with E-state index in [1.807, 2.05) is 23.9 Å². The molecule has 0 aliphatic rings. The molecule has 0 unspecified atom stereocenters. The van der Waals surface area contributed by atoms with E-state index in [1.54, 1.807) is 11.3 Å². The molecule has 3 heterocycles. The van der Waals surface area contributed by atoms with Gasteiger partial charge in [0.1, 0.15) is 28.8 Å². The van der Waals surface area contributed by atoms with E-state index < -0.39 is 0 Å². The lowest BCUT2D eigenvalue weighted by atomic mass is 10.3. The fraction of sp³-hybridized carbons (Fsp3) is 0.429. The summed E-state index contributed by atoms with van der Waals surface area (Å²) in [5, 5.41) is 10.9. The van der Waals surface area contributed by atoms with Gasteiger partial charge in [-0.3, -0.25) is 0 Å². The van der Waals surface area contributed by atoms with Crippen LogP contribution in [0.4, 0.5) is 5.82 Å². The van der Waals surface area contributed by atoms with Gasteiger partial charge in [-0.05, 0) is 31.7 Å². The van der Waals surface area contributed by atoms with Gasteiger partial charge in [-0.1, -0.05) is 6.92 Å². The average Bonchev–Trinajstić information content (AvgIpc) is 3.03. The molecule has 0 saturated carbocycles. The Morgan fingerprint density at radius 2 is 2.10 bits per heavy atom. The molecule has 0 aliphatic heterocycles. The van der Waals surface area contributed by atoms with Crippen molar-refractivity contribution in [1.29, 1.82) is 0 Å². The summed E-state index contributed by atoms with van der Waals surface area (Å²) in [6, 6.07) is 2.06. The van der Waals surface area contributed by atoms with Gasteiger partial charge < -0.3 is 5.32 Å². The number of thiophene rings is 1. The van der Waals surface area contributed by atoms with E-state index in [4.69, 9.17) is 0 Å². The molecule has 3 rings (SSSR count). The van der Waals surface area contributed by atoms with Crippen LogP contribution in [-0.2, 0) is 6.54 Å². The van der Waals surface area contributed by atoms with Gasteiger partial charge in [-0.15, -0.1) is 11.3 Å². The van der Waals surface area contributed by atoms with Crippen LogP contribution >= 0.6 is 11.3 Å². The van der Waals surface area contributed by atoms with Crippen molar-refractivity contribution in [3.05, 3.63) is 28.9 Å². The molecular formula is C14H18N6S. The van der Waals surface area contributed by atoms with Crippen LogP contribution in [0.5, 0.6) is 0 Å². The molecule has 3 aromatic heterocycles. The molecule has 0 atom stereocenters. The number of nitrogens with zero attached hydrogens (tertiary/aromatic N) is 5. The predicted octanol–water partition coefficient (Wildman–Crippen LogP) is 2.77. The molecule has 0 bridgehead atoms. The van der Waals surface area contributed by atoms with Crippen molar-refractivity contribution in [2.45, 2.75) is 33.7 Å². The number of hydrogen-bond donors (Lipinski definition) is 1. The van der Waals surface area contributed by atoms with E-state index >= 15 is 0 Å². The lowest BCUT2D eigenvalue weighted by Gasteiger charge is -2.08. The first-order valence-electron chi connectivity index (χ1n) is 7.03. The normalized spacial score (nSPS) is 11.2. The van der Waals surface area contributed by atoms with Gasteiger partial charge in [0.25, 0.3) is 0 Å². The lowest BCUT2D eigenvalue weighted by Crippen LogP contribution is -2.10. The summed E-state index contributed by atoms with van der Waals surface area (Å²) in [5.41, 5.74) is 0. The quantitative estimate of drug-likeness (QED) is 0.785. The Morgan fingerprint density at radius 1 is 1.24 bits per heavy atom. The molecule has 0 aliphatic carbocycles. The smallest absolute Gasteiger partial charge is 0.153 e. The zero-order valence-electron chi connectivity index (χ0n) is 12.4. The topological polar surface area (TPSA) is 68.5 Å². The fourth-order valence-corrected chi connectivity index (χ4v) is 2.98. The minimum atomic E-state index is 0.543. The molecular weight excluding hydrogens is 284 g/mol. The summed E-state index contributed by atoms with van der Waals surface area (Å²) in [6.45, 7) is 7.42. The Kier molecular flexibility index (Phi) is 3.83. The molecule has 6 nitrogen and oxygen atoms in total. The van der Waals surface area contributed by atoms with Gasteiger partial charge in [0.2, 0.25) is 0 Å². The molecule has 0 fully saturated rings. The van der Waals surface area contributed by atoms with Crippen LogP contribution in [0, 0.1) is 13.8 Å². The first-order chi connectivity index (χ1) is 10.2. The number of hydrogen-bond acceptors (Lipinski definition) is 6. The van der Waals surface area contributed by atoms with Gasteiger partial charge in [0.15, 0.2) is 5.82 Å². The summed E-state index contributed by atoms with van der Waals surface area (Å²) in [4.78, 5) is 14.6. The van der Waals surface area contributed by atoms with Crippen LogP contribution in [-0.4, -0.2) is 31.3 Å². The van der Waals surface area contributed by atoms with Crippen LogP contribution in [0.3, 0.4) is 0 Å². The average molecular weight is 302 g/mol. The second kappa shape index (κ2) is 5.77. The van der Waals surface area contributed by atoms with Crippen molar-refractivity contribution in [2.24, 2.45) is 0 Å². The van der Waals surface area contributed by atoms with Crippen LogP contribution in [0.25, 0.3) is 10.2 Å². The maximum atomic E-state index is 4.65. The van der Waals surface area contributed by atoms with Gasteiger partial charge >= 0.3 is 0 Å². The summed E-state index contributed by atoms with van der Waals surface area (Å²) in [6.07, 6.45) is 1.06. The van der Waals surface area contributed by atoms with Gasteiger partial charge in [0.05, 0.1) is 5.39 Å². The first-order valence-corrected chi connectivity index (χ1v) is 7.91. The third-order valence-corrected chi connectivity index (χ3v) is 3.97. The van der Waals surface area contributed by atoms with E-state index in [0.29, 0.717) is 6.54 Å². The second-order valence-electron chi connectivity index (χ2n) is 4.92. The van der Waals surface area contributed by atoms with Crippen molar-refractivity contribution >= 4 is 27.4 Å². The monoisotopic (exact) mass is 302 g/mol. The number of anilines is 1. The third-order valence-electron chi connectivity index (χ3n) is 3.17. The van der Waals surface area contributed by atoms with Gasteiger partial charge in [0, 0.05) is 6.54 Å². The molecule has 1 N–H and O–H groups in total. The molecule has 0 aromatic carbocycles. The van der Waals surface area contributed by atoms with E-state index in [9.17, 15) is 0 Å². The zero-order chi connectivity index (χ0) is 14.8. The maximum absolute atomic E-state index is 4.65. The second-order valence-corrected chi connectivity index (χ2v) is 5.81. The Morgan fingerprint density at radius 3 is 2.81 bits per heavy atom. The SMILES string of the molecule is CCCNc1nc(Cn2nc(C)nc2C)nc2sccc12. The van der Waals surface area contributed by atoms with Crippen molar-refractivity contribution in [2.75, 3.05) is 11.9 Å². The maximum Gasteiger partial charge on any atom is 0.153 e. The first kappa shape index (κ1) is 13.9. The lowest BCUT2D eigenvalue weighted by molar-refractivity contribution is 0.632. The van der Waals surface area contributed by atoms with Crippen LogP contribution < -0.4 is 5.32 Å². The standard InChI is InChI=1S/C14H18N6S/c1-4-6-15-13-11-5-7-21-14(11)18-12(17-13)8-20-10(3)16-9(2)19-20/h5,7H,4,6,8H2,1-3H3,(H,15,17,18). The summed E-state index contributed by atoms with van der Waals surface area (Å²) in [5.74, 6) is 3.32. The molecule has 0 radical (unpaired) electrons. The molecule has 21 heavy (non-hydrogen) atoms. The molecule has 110 valence electrons. The predicted molar refractivity (Wildman–Crippen MR) is 84.8 cm³/mol. The molecule has 7 heteroatoms. The molecule has 3 aromatic rings. The van der Waals surface area contributed by atoms with Crippen molar-refractivity contribution in [3.8, 4) is 0 Å². The number of fused-ring (bicyclic) bond motifs is 1. The highest BCUT2D eigenvalue weighted by molar-refractivity contribution is 7.16. The Labute approximate surface area is 127 Å². The molecule has 0 spiro atoms. The van der Waals surface area contributed by atoms with Crippen molar-refractivity contribution < 1.29 is 0 Å². The fourth-order valence-electron chi connectivity index (χ4n) is 2.19. The largest absolute Gasteiger partial charge is 0.369 e. The van der Waals surface area contributed by atoms with Gasteiger partial charge in [-0.2, -0.15) is 5.10 Å². The Hall–Kier alpha value is -2.02. The highest BCUT2D eigenvalue weighted by atomic mass is 32.1. The Bertz CT molecular complexity index is 760. The highest BCUT2D eigenvalue weighted by Gasteiger charge is 2.11. The zero-order valence-corrected chi connectivity index (χ0v) is 13.2. The van der Waals surface area contributed by atoms with E-state index in [-0.39, 0.29) is 0 Å². The van der Waals surface area contributed by atoms with Crippen LogP contribution in [0.2, 0.25) is 0 Å². The highest BCUT2D eigenvalue weighted by Crippen LogP contribution is 2.25. The number of nitrogens with one attached hydrogen (secondary N) is 1. The van der Waals surface area contributed by atoms with E-state index in [2.05, 4.69) is 38.4 Å². The molecule has 0 amide bonds. The third kappa shape index (κ3) is 2.87. The summed E-state index contributed by atoms with van der Waals surface area (Å²) in [7, 11) is 0. The van der Waals surface area contributed by atoms with Crippen molar-refractivity contribution in [3.63, 3.8) is 0 Å². The number of rotatable bonds is 5. The van der Waals surface area contributed by atoms with Gasteiger partial charge in [-0.25, -0.2) is 19.6 Å². The van der Waals surface area contributed by atoms with Crippen LogP contribution in [0.1, 0.15) is 30.8 Å². The van der Waals surface area contributed by atoms with Crippen LogP contribution in [0.15, 0.2) is 11.4 Å². The number of aromatic nitrogens is 5. The summed E-state index contributed by atoms with van der Waals surface area (Å²) < 4.78 is 1.84. The minimum absolute atomic E-state index is 0.543. The number of aryl methyl sites for hydroxylation is 2. The van der Waals surface area contributed by atoms with E-state index in [1.165, 1.54) is 0 Å². The minimum Gasteiger partial charge on any atom is -0.369 e.